The fraction of sp³-hybridized carbons (Fsp3) is 0.875. The Bertz CT molecular complexity index is 169. The molecular formula is C8H14N2O. The molecule has 11 heavy (non-hydrogen) atoms. The van der Waals surface area contributed by atoms with Crippen molar-refractivity contribution in [2.24, 2.45) is 11.8 Å². The van der Waals surface area contributed by atoms with Crippen molar-refractivity contribution in [3.8, 4) is 0 Å². The highest BCUT2D eigenvalue weighted by atomic mass is 16.1. The van der Waals surface area contributed by atoms with E-state index < -0.39 is 0 Å². The summed E-state index contributed by atoms with van der Waals surface area (Å²) in [5.74, 6) is 1.51. The lowest BCUT2D eigenvalue weighted by atomic mass is 9.90. The molecule has 3 heteroatoms. The quantitative estimate of drug-likeness (QED) is 0.504. The molecule has 2 aliphatic rings. The van der Waals surface area contributed by atoms with E-state index in [4.69, 9.17) is 0 Å². The number of hydrogen-bond acceptors (Lipinski definition) is 2. The van der Waals surface area contributed by atoms with Crippen LogP contribution in [0.15, 0.2) is 0 Å². The third-order valence-corrected chi connectivity index (χ3v) is 2.59. The molecule has 0 aromatic rings. The molecule has 0 saturated carbocycles. The average Bonchev–Trinajstić information content (AvgIpc) is 2.12. The first-order valence-electron chi connectivity index (χ1n) is 4.32. The minimum atomic E-state index is 0.237. The van der Waals surface area contributed by atoms with Crippen molar-refractivity contribution in [3.05, 3.63) is 0 Å². The molecule has 2 heterocycles. The maximum atomic E-state index is 11.1. The summed E-state index contributed by atoms with van der Waals surface area (Å²) in [6.07, 6.45) is 1.95. The third-order valence-electron chi connectivity index (χ3n) is 2.59. The Morgan fingerprint density at radius 1 is 1.18 bits per heavy atom. The van der Waals surface area contributed by atoms with E-state index in [1.165, 1.54) is 6.42 Å². The molecule has 2 atom stereocenters. The molecule has 3 nitrogen and oxygen atoms in total. The number of nitrogens with one attached hydrogen (secondary N) is 2. The lowest BCUT2D eigenvalue weighted by molar-refractivity contribution is -0.121. The van der Waals surface area contributed by atoms with Gasteiger partial charge in [-0.15, -0.1) is 0 Å². The molecule has 0 aromatic heterocycles. The van der Waals surface area contributed by atoms with Crippen LogP contribution in [-0.4, -0.2) is 25.5 Å². The first-order chi connectivity index (χ1) is 5.34. The van der Waals surface area contributed by atoms with Gasteiger partial charge in [0.2, 0.25) is 5.91 Å². The Balaban J connectivity index is 2.04. The van der Waals surface area contributed by atoms with E-state index in [1.807, 2.05) is 0 Å². The summed E-state index contributed by atoms with van der Waals surface area (Å²) in [5, 5.41) is 6.29. The lowest BCUT2D eigenvalue weighted by Crippen LogP contribution is -2.37. The van der Waals surface area contributed by atoms with Gasteiger partial charge in [-0.25, -0.2) is 0 Å². The van der Waals surface area contributed by atoms with Crippen LogP contribution in [0.5, 0.6) is 0 Å². The summed E-state index contributed by atoms with van der Waals surface area (Å²) in [5.41, 5.74) is 0. The Hall–Kier alpha value is -0.570. The maximum Gasteiger partial charge on any atom is 0.220 e. The van der Waals surface area contributed by atoms with Crippen LogP contribution >= 0.6 is 0 Å². The predicted molar refractivity (Wildman–Crippen MR) is 42.1 cm³/mol. The SMILES string of the molecule is O=C1CC2CNCC(CN1)C2. The smallest absolute Gasteiger partial charge is 0.220 e. The summed E-state index contributed by atoms with van der Waals surface area (Å²) < 4.78 is 0. The third kappa shape index (κ3) is 1.53. The Morgan fingerprint density at radius 2 is 2.00 bits per heavy atom. The number of piperidine rings is 1. The van der Waals surface area contributed by atoms with E-state index in [0.717, 1.165) is 26.1 Å². The maximum absolute atomic E-state index is 11.1. The van der Waals surface area contributed by atoms with Crippen molar-refractivity contribution < 1.29 is 4.79 Å². The molecule has 0 aliphatic carbocycles. The van der Waals surface area contributed by atoms with Gasteiger partial charge < -0.3 is 10.6 Å². The van der Waals surface area contributed by atoms with Gasteiger partial charge in [0.15, 0.2) is 0 Å². The van der Waals surface area contributed by atoms with Crippen molar-refractivity contribution in [1.82, 2.24) is 10.6 Å². The van der Waals surface area contributed by atoms with E-state index in [9.17, 15) is 4.79 Å². The highest BCUT2D eigenvalue weighted by Gasteiger charge is 2.26. The van der Waals surface area contributed by atoms with Crippen molar-refractivity contribution in [3.63, 3.8) is 0 Å². The Morgan fingerprint density at radius 3 is 2.91 bits per heavy atom. The number of hydrogen-bond donors (Lipinski definition) is 2. The zero-order valence-electron chi connectivity index (χ0n) is 6.60. The van der Waals surface area contributed by atoms with Crippen molar-refractivity contribution in [2.75, 3.05) is 19.6 Å². The molecule has 2 N–H and O–H groups in total. The van der Waals surface area contributed by atoms with E-state index in [-0.39, 0.29) is 5.91 Å². The molecule has 2 saturated heterocycles. The molecule has 2 rings (SSSR count). The van der Waals surface area contributed by atoms with Crippen molar-refractivity contribution in [1.29, 1.82) is 0 Å². The van der Waals surface area contributed by atoms with Gasteiger partial charge in [0, 0.05) is 13.0 Å². The molecule has 2 aliphatic heterocycles. The summed E-state index contributed by atoms with van der Waals surface area (Å²) in [6, 6.07) is 0. The van der Waals surface area contributed by atoms with Gasteiger partial charge in [0.05, 0.1) is 0 Å². The van der Waals surface area contributed by atoms with Crippen LogP contribution in [0.4, 0.5) is 0 Å². The van der Waals surface area contributed by atoms with Crippen LogP contribution in [0.25, 0.3) is 0 Å². The second-order valence-electron chi connectivity index (χ2n) is 3.63. The lowest BCUT2D eigenvalue weighted by Gasteiger charge is -2.25. The normalized spacial score (nSPS) is 37.6. The Labute approximate surface area is 66.5 Å². The zero-order chi connectivity index (χ0) is 7.68. The number of amides is 1. The first-order valence-corrected chi connectivity index (χ1v) is 4.32. The summed E-state index contributed by atoms with van der Waals surface area (Å²) in [7, 11) is 0. The first kappa shape index (κ1) is 7.10. The zero-order valence-corrected chi connectivity index (χ0v) is 6.60. The molecular weight excluding hydrogens is 140 g/mol. The molecule has 0 aromatic carbocycles. The van der Waals surface area contributed by atoms with E-state index in [2.05, 4.69) is 10.6 Å². The molecule has 1 amide bonds. The summed E-state index contributed by atoms with van der Waals surface area (Å²) >= 11 is 0. The van der Waals surface area contributed by atoms with Crippen molar-refractivity contribution >= 4 is 5.91 Å². The molecule has 0 spiro atoms. The van der Waals surface area contributed by atoms with Crippen LogP contribution in [-0.2, 0) is 4.79 Å². The fourth-order valence-corrected chi connectivity index (χ4v) is 2.03. The topological polar surface area (TPSA) is 41.1 Å². The second kappa shape index (κ2) is 2.81. The van der Waals surface area contributed by atoms with E-state index >= 15 is 0 Å². The minimum Gasteiger partial charge on any atom is -0.356 e. The van der Waals surface area contributed by atoms with Gasteiger partial charge in [-0.1, -0.05) is 0 Å². The Kier molecular flexibility index (Phi) is 1.82. The minimum absolute atomic E-state index is 0.237. The van der Waals surface area contributed by atoms with Gasteiger partial charge in [0.1, 0.15) is 0 Å². The standard InChI is InChI=1S/C8H14N2O/c11-8-2-6-1-7(5-10-8)4-9-3-6/h6-7,9H,1-5H2,(H,10,11). The molecule has 2 bridgehead atoms. The molecule has 0 radical (unpaired) electrons. The van der Waals surface area contributed by atoms with Gasteiger partial charge in [-0.05, 0) is 31.3 Å². The highest BCUT2D eigenvalue weighted by Crippen LogP contribution is 2.21. The molecule has 2 unspecified atom stereocenters. The largest absolute Gasteiger partial charge is 0.356 e. The van der Waals surface area contributed by atoms with Gasteiger partial charge in [0.25, 0.3) is 0 Å². The number of rotatable bonds is 0. The number of carbonyl (C=O) groups is 1. The fourth-order valence-electron chi connectivity index (χ4n) is 2.03. The van der Waals surface area contributed by atoms with Gasteiger partial charge >= 0.3 is 0 Å². The van der Waals surface area contributed by atoms with Crippen LogP contribution < -0.4 is 10.6 Å². The van der Waals surface area contributed by atoms with Gasteiger partial charge in [-0.2, -0.15) is 0 Å². The monoisotopic (exact) mass is 154 g/mol. The van der Waals surface area contributed by atoms with Crippen molar-refractivity contribution in [2.45, 2.75) is 12.8 Å². The molecule has 62 valence electrons. The number of fused-ring (bicyclic) bond motifs is 2. The van der Waals surface area contributed by atoms with Gasteiger partial charge in [-0.3, -0.25) is 4.79 Å². The van der Waals surface area contributed by atoms with Crippen LogP contribution in [0.3, 0.4) is 0 Å². The second-order valence-corrected chi connectivity index (χ2v) is 3.63. The number of carbonyl (C=O) groups excluding carboxylic acids is 1. The van der Waals surface area contributed by atoms with E-state index in [1.54, 1.807) is 0 Å². The summed E-state index contributed by atoms with van der Waals surface area (Å²) in [4.78, 5) is 11.1. The van der Waals surface area contributed by atoms with E-state index in [0.29, 0.717) is 11.8 Å². The van der Waals surface area contributed by atoms with Crippen LogP contribution in [0.2, 0.25) is 0 Å². The van der Waals surface area contributed by atoms with Crippen LogP contribution in [0.1, 0.15) is 12.8 Å². The van der Waals surface area contributed by atoms with Crippen LogP contribution in [0, 0.1) is 11.8 Å². The summed E-state index contributed by atoms with van der Waals surface area (Å²) in [6.45, 7) is 2.99. The highest BCUT2D eigenvalue weighted by molar-refractivity contribution is 5.76. The molecule has 2 fully saturated rings. The average molecular weight is 154 g/mol. The predicted octanol–water partition coefficient (Wildman–Crippen LogP) is -0.268.